The van der Waals surface area contributed by atoms with Gasteiger partial charge in [-0.3, -0.25) is 5.32 Å². The molecule has 0 unspecified atom stereocenters. The van der Waals surface area contributed by atoms with E-state index < -0.39 is 4.92 Å². The number of nitrogens with zero attached hydrogens (tertiary/aromatic N) is 5. The minimum Gasteiger partial charge on any atom is -0.453 e. The Balaban J connectivity index is 1.62. The summed E-state index contributed by atoms with van der Waals surface area (Å²) in [4.78, 5) is 34.0. The third-order valence-electron chi connectivity index (χ3n) is 3.90. The van der Waals surface area contributed by atoms with Gasteiger partial charge >= 0.3 is 11.8 Å². The van der Waals surface area contributed by atoms with Crippen molar-refractivity contribution in [1.82, 2.24) is 19.8 Å². The lowest BCUT2D eigenvalue weighted by molar-refractivity contribution is -0.389. The summed E-state index contributed by atoms with van der Waals surface area (Å²) in [7, 11) is 2.02. The van der Waals surface area contributed by atoms with Gasteiger partial charge in [0.05, 0.1) is 0 Å². The fourth-order valence-corrected chi connectivity index (χ4v) is 2.42. The van der Waals surface area contributed by atoms with Crippen LogP contribution in [-0.4, -0.2) is 63.9 Å². The van der Waals surface area contributed by atoms with Crippen LogP contribution >= 0.6 is 0 Å². The van der Waals surface area contributed by atoms with Gasteiger partial charge < -0.3 is 24.7 Å². The molecule has 3 heterocycles. The Kier molecular flexibility index (Phi) is 5.23. The molecular formula is C16H18N6O4. The first-order chi connectivity index (χ1) is 12.5. The van der Waals surface area contributed by atoms with E-state index in [-0.39, 0.29) is 11.8 Å². The van der Waals surface area contributed by atoms with Crippen LogP contribution in [0.1, 0.15) is 0 Å². The van der Waals surface area contributed by atoms with Crippen LogP contribution in [0.5, 0.6) is 11.5 Å². The summed E-state index contributed by atoms with van der Waals surface area (Å²) in [6.07, 6.45) is 2.77. The van der Waals surface area contributed by atoms with Crippen LogP contribution < -0.4 is 10.1 Å². The van der Waals surface area contributed by atoms with Crippen LogP contribution in [0.4, 0.5) is 16.4 Å². The number of piperazine rings is 1. The van der Waals surface area contributed by atoms with Crippen LogP contribution in [0.15, 0.2) is 36.7 Å². The van der Waals surface area contributed by atoms with Gasteiger partial charge in [0.25, 0.3) is 0 Å². The van der Waals surface area contributed by atoms with Crippen molar-refractivity contribution in [1.29, 1.82) is 0 Å². The monoisotopic (exact) mass is 358 g/mol. The molecule has 2 amide bonds. The molecule has 2 aromatic rings. The predicted molar refractivity (Wildman–Crippen MR) is 93.3 cm³/mol. The number of nitrogens with one attached hydrogen (secondary N) is 1. The third kappa shape index (κ3) is 4.42. The zero-order valence-corrected chi connectivity index (χ0v) is 14.2. The summed E-state index contributed by atoms with van der Waals surface area (Å²) in [6, 6.07) is 5.70. The van der Waals surface area contributed by atoms with E-state index in [2.05, 4.69) is 20.2 Å². The molecule has 0 atom stereocenters. The van der Waals surface area contributed by atoms with Crippen molar-refractivity contribution in [3.05, 3.63) is 46.8 Å². The molecule has 1 N–H and O–H groups in total. The number of carbonyl (C=O) groups excluding carboxylic acids is 1. The molecule has 0 bridgehead atoms. The molecule has 0 radical (unpaired) electrons. The highest BCUT2D eigenvalue weighted by atomic mass is 16.6. The molecule has 26 heavy (non-hydrogen) atoms. The van der Waals surface area contributed by atoms with Crippen LogP contribution in [-0.2, 0) is 0 Å². The van der Waals surface area contributed by atoms with E-state index in [1.165, 1.54) is 24.5 Å². The first-order valence-corrected chi connectivity index (χ1v) is 8.00. The number of hydrogen-bond donors (Lipinski definition) is 1. The van der Waals surface area contributed by atoms with Crippen molar-refractivity contribution in [3.63, 3.8) is 0 Å². The number of hydrogen-bond acceptors (Lipinski definition) is 7. The molecule has 10 nitrogen and oxygen atoms in total. The summed E-state index contributed by atoms with van der Waals surface area (Å²) >= 11 is 0. The van der Waals surface area contributed by atoms with E-state index in [1.54, 1.807) is 17.0 Å². The fraction of sp³-hybridized carbons (Fsp3) is 0.312. The van der Waals surface area contributed by atoms with Crippen LogP contribution in [0.2, 0.25) is 0 Å². The van der Waals surface area contributed by atoms with Crippen molar-refractivity contribution in [2.24, 2.45) is 0 Å². The molecular weight excluding hydrogens is 340 g/mol. The molecule has 1 saturated heterocycles. The van der Waals surface area contributed by atoms with Gasteiger partial charge in [-0.1, -0.05) is 0 Å². The number of likely N-dealkylation sites (N-methyl/N-ethyl adjacent to an activating group) is 1. The second kappa shape index (κ2) is 7.74. The van der Waals surface area contributed by atoms with Gasteiger partial charge in [-0.15, -0.1) is 0 Å². The minimum atomic E-state index is -0.581. The fourth-order valence-electron chi connectivity index (χ4n) is 2.42. The van der Waals surface area contributed by atoms with E-state index in [9.17, 15) is 14.9 Å². The smallest absolute Gasteiger partial charge is 0.363 e. The Labute approximate surface area is 149 Å². The highest BCUT2D eigenvalue weighted by Crippen LogP contribution is 2.23. The second-order valence-electron chi connectivity index (χ2n) is 5.81. The van der Waals surface area contributed by atoms with E-state index in [0.29, 0.717) is 30.4 Å². The number of nitro groups is 1. The number of pyridine rings is 2. The lowest BCUT2D eigenvalue weighted by Crippen LogP contribution is -2.48. The van der Waals surface area contributed by atoms with Gasteiger partial charge in [-0.25, -0.2) is 9.78 Å². The third-order valence-corrected chi connectivity index (χ3v) is 3.90. The summed E-state index contributed by atoms with van der Waals surface area (Å²) in [5.41, 5.74) is 0. The zero-order valence-electron chi connectivity index (χ0n) is 14.2. The van der Waals surface area contributed by atoms with Crippen molar-refractivity contribution in [3.8, 4) is 11.5 Å². The van der Waals surface area contributed by atoms with E-state index in [1.807, 2.05) is 7.05 Å². The van der Waals surface area contributed by atoms with Gasteiger partial charge in [0.2, 0.25) is 0 Å². The quantitative estimate of drug-likeness (QED) is 0.656. The number of carbonyl (C=O) groups is 1. The number of aromatic nitrogens is 2. The number of rotatable bonds is 4. The maximum absolute atomic E-state index is 12.3. The first-order valence-electron chi connectivity index (χ1n) is 8.00. The Morgan fingerprint density at radius 2 is 1.96 bits per heavy atom. The van der Waals surface area contributed by atoms with Gasteiger partial charge in [0.1, 0.15) is 11.6 Å². The van der Waals surface area contributed by atoms with Gasteiger partial charge in [0.15, 0.2) is 11.9 Å². The van der Waals surface area contributed by atoms with Crippen molar-refractivity contribution in [2.75, 3.05) is 38.5 Å². The van der Waals surface area contributed by atoms with Crippen LogP contribution in [0, 0.1) is 10.1 Å². The Morgan fingerprint density at radius 1 is 1.19 bits per heavy atom. The normalized spacial score (nSPS) is 14.7. The molecule has 1 fully saturated rings. The number of anilines is 1. The van der Waals surface area contributed by atoms with Gasteiger partial charge in [0, 0.05) is 44.5 Å². The molecule has 2 aromatic heterocycles. The van der Waals surface area contributed by atoms with Gasteiger partial charge in [-0.05, 0) is 29.1 Å². The molecule has 0 saturated carbocycles. The standard InChI is InChI=1S/C16H18N6O4/c1-20-6-8-21(9-7-20)16(23)19-14-10-12(4-5-17-14)26-13-2-3-15(18-11-13)22(24)25/h2-5,10-11H,6-9H2,1H3,(H,17,19,23). The predicted octanol–water partition coefficient (Wildman–Crippen LogP) is 1.96. The zero-order chi connectivity index (χ0) is 18.5. The molecule has 136 valence electrons. The topological polar surface area (TPSA) is 114 Å². The van der Waals surface area contributed by atoms with Crippen molar-refractivity contribution >= 4 is 17.7 Å². The van der Waals surface area contributed by atoms with Crippen LogP contribution in [0.25, 0.3) is 0 Å². The Hall–Kier alpha value is -3.27. The van der Waals surface area contributed by atoms with E-state index >= 15 is 0 Å². The highest BCUT2D eigenvalue weighted by Gasteiger charge is 2.19. The SMILES string of the molecule is CN1CCN(C(=O)Nc2cc(Oc3ccc([N+](=O)[O-])nc3)ccn2)CC1. The summed E-state index contributed by atoms with van der Waals surface area (Å²) < 4.78 is 5.60. The summed E-state index contributed by atoms with van der Waals surface area (Å²) in [6.45, 7) is 2.98. The maximum Gasteiger partial charge on any atom is 0.363 e. The van der Waals surface area contributed by atoms with Crippen molar-refractivity contribution in [2.45, 2.75) is 0 Å². The molecule has 1 aliphatic heterocycles. The van der Waals surface area contributed by atoms with E-state index in [0.717, 1.165) is 13.1 Å². The Morgan fingerprint density at radius 3 is 2.62 bits per heavy atom. The Bertz CT molecular complexity index is 790. The molecule has 0 aliphatic carbocycles. The summed E-state index contributed by atoms with van der Waals surface area (Å²) in [5.74, 6) is 0.885. The number of ether oxygens (including phenoxy) is 1. The average molecular weight is 358 g/mol. The minimum absolute atomic E-state index is 0.209. The van der Waals surface area contributed by atoms with E-state index in [4.69, 9.17) is 4.74 Å². The lowest BCUT2D eigenvalue weighted by Gasteiger charge is -2.32. The first kappa shape index (κ1) is 17.5. The molecule has 0 spiro atoms. The second-order valence-corrected chi connectivity index (χ2v) is 5.81. The largest absolute Gasteiger partial charge is 0.453 e. The average Bonchev–Trinajstić information content (AvgIpc) is 2.63. The number of amides is 2. The molecule has 1 aliphatic rings. The molecule has 0 aromatic carbocycles. The number of urea groups is 1. The molecule has 3 rings (SSSR count). The summed E-state index contributed by atoms with van der Waals surface area (Å²) in [5, 5.41) is 13.4. The van der Waals surface area contributed by atoms with Gasteiger partial charge in [-0.2, -0.15) is 0 Å². The highest BCUT2D eigenvalue weighted by molar-refractivity contribution is 5.88. The van der Waals surface area contributed by atoms with Crippen LogP contribution in [0.3, 0.4) is 0 Å². The maximum atomic E-state index is 12.3. The lowest BCUT2D eigenvalue weighted by atomic mass is 10.3. The van der Waals surface area contributed by atoms with Crippen molar-refractivity contribution < 1.29 is 14.5 Å². The molecule has 10 heteroatoms.